The van der Waals surface area contributed by atoms with E-state index in [4.69, 9.17) is 22.1 Å². The standard InChI is InChI=1S/C17H20ClNO/c1-12(2)10-17(19)15-11-14(8-9-16(15)18)20-13-6-4-3-5-7-13/h3-9,11-12,17H,10,19H2,1-2H3. The molecule has 106 valence electrons. The van der Waals surface area contributed by atoms with Gasteiger partial charge in [0.25, 0.3) is 0 Å². The summed E-state index contributed by atoms with van der Waals surface area (Å²) >= 11 is 6.24. The number of benzene rings is 2. The van der Waals surface area contributed by atoms with Crippen molar-refractivity contribution in [3.8, 4) is 11.5 Å². The lowest BCUT2D eigenvalue weighted by Gasteiger charge is -2.17. The number of halogens is 1. The third kappa shape index (κ3) is 3.99. The Balaban J connectivity index is 2.20. The zero-order valence-electron chi connectivity index (χ0n) is 11.8. The molecule has 0 saturated carbocycles. The van der Waals surface area contributed by atoms with Crippen molar-refractivity contribution in [3.63, 3.8) is 0 Å². The van der Waals surface area contributed by atoms with Crippen molar-refractivity contribution in [3.05, 3.63) is 59.1 Å². The van der Waals surface area contributed by atoms with Crippen LogP contribution in [0.2, 0.25) is 5.02 Å². The Morgan fingerprint density at radius 3 is 2.40 bits per heavy atom. The van der Waals surface area contributed by atoms with Gasteiger partial charge in [-0.1, -0.05) is 43.6 Å². The number of nitrogens with two attached hydrogens (primary N) is 1. The van der Waals surface area contributed by atoms with E-state index in [0.717, 1.165) is 23.5 Å². The molecule has 2 rings (SSSR count). The number of ether oxygens (including phenoxy) is 1. The molecule has 0 heterocycles. The van der Waals surface area contributed by atoms with E-state index in [1.54, 1.807) is 0 Å². The minimum absolute atomic E-state index is 0.0678. The second-order valence-corrected chi connectivity index (χ2v) is 5.74. The monoisotopic (exact) mass is 289 g/mol. The molecule has 0 radical (unpaired) electrons. The summed E-state index contributed by atoms with van der Waals surface area (Å²) in [7, 11) is 0. The summed E-state index contributed by atoms with van der Waals surface area (Å²) in [5, 5.41) is 0.693. The first-order chi connectivity index (χ1) is 9.56. The van der Waals surface area contributed by atoms with Gasteiger partial charge >= 0.3 is 0 Å². The smallest absolute Gasteiger partial charge is 0.127 e. The molecule has 3 heteroatoms. The molecule has 1 unspecified atom stereocenters. The number of hydrogen-bond donors (Lipinski definition) is 1. The lowest BCUT2D eigenvalue weighted by atomic mass is 9.97. The molecule has 0 aliphatic rings. The summed E-state index contributed by atoms with van der Waals surface area (Å²) < 4.78 is 5.81. The van der Waals surface area contributed by atoms with Gasteiger partial charge in [0.15, 0.2) is 0 Å². The van der Waals surface area contributed by atoms with Crippen LogP contribution in [0.1, 0.15) is 31.9 Å². The number of rotatable bonds is 5. The van der Waals surface area contributed by atoms with Crippen LogP contribution in [0.4, 0.5) is 0 Å². The molecule has 0 amide bonds. The van der Waals surface area contributed by atoms with Crippen molar-refractivity contribution in [1.82, 2.24) is 0 Å². The molecule has 2 N–H and O–H groups in total. The van der Waals surface area contributed by atoms with Gasteiger partial charge < -0.3 is 10.5 Å². The molecule has 0 aromatic heterocycles. The van der Waals surface area contributed by atoms with Gasteiger partial charge in [0.1, 0.15) is 11.5 Å². The van der Waals surface area contributed by atoms with E-state index in [1.165, 1.54) is 0 Å². The van der Waals surface area contributed by atoms with Crippen LogP contribution < -0.4 is 10.5 Å². The SMILES string of the molecule is CC(C)CC(N)c1cc(Oc2ccccc2)ccc1Cl. The maximum atomic E-state index is 6.24. The molecule has 0 fully saturated rings. The first kappa shape index (κ1) is 14.9. The first-order valence-corrected chi connectivity index (χ1v) is 7.22. The molecule has 0 aliphatic carbocycles. The Morgan fingerprint density at radius 1 is 1.05 bits per heavy atom. The minimum Gasteiger partial charge on any atom is -0.457 e. The Hall–Kier alpha value is -1.51. The predicted octanol–water partition coefficient (Wildman–Crippen LogP) is 5.18. The Morgan fingerprint density at radius 2 is 1.75 bits per heavy atom. The molecule has 0 spiro atoms. The highest BCUT2D eigenvalue weighted by atomic mass is 35.5. The lowest BCUT2D eigenvalue weighted by Crippen LogP contribution is -2.13. The molecule has 1 atom stereocenters. The van der Waals surface area contributed by atoms with Crippen molar-refractivity contribution in [1.29, 1.82) is 0 Å². The van der Waals surface area contributed by atoms with Gasteiger partial charge in [-0.2, -0.15) is 0 Å². The van der Waals surface area contributed by atoms with Crippen molar-refractivity contribution in [2.45, 2.75) is 26.3 Å². The first-order valence-electron chi connectivity index (χ1n) is 6.84. The highest BCUT2D eigenvalue weighted by Gasteiger charge is 2.13. The van der Waals surface area contributed by atoms with Crippen LogP contribution in [-0.4, -0.2) is 0 Å². The summed E-state index contributed by atoms with van der Waals surface area (Å²) in [5.41, 5.74) is 7.16. The Labute approximate surface area is 125 Å². The molecule has 2 nitrogen and oxygen atoms in total. The van der Waals surface area contributed by atoms with Gasteiger partial charge in [-0.05, 0) is 48.2 Å². The van der Waals surface area contributed by atoms with E-state index in [-0.39, 0.29) is 6.04 Å². The largest absolute Gasteiger partial charge is 0.457 e. The van der Waals surface area contributed by atoms with E-state index in [1.807, 2.05) is 48.5 Å². The third-order valence-electron chi connectivity index (χ3n) is 3.07. The van der Waals surface area contributed by atoms with E-state index in [2.05, 4.69) is 13.8 Å². The molecular weight excluding hydrogens is 270 g/mol. The molecule has 0 bridgehead atoms. The molecular formula is C17H20ClNO. The Bertz CT molecular complexity index is 554. The molecule has 0 saturated heterocycles. The fourth-order valence-electron chi connectivity index (χ4n) is 2.13. The van der Waals surface area contributed by atoms with Crippen LogP contribution in [0.3, 0.4) is 0 Å². The van der Waals surface area contributed by atoms with Gasteiger partial charge in [-0.15, -0.1) is 0 Å². The van der Waals surface area contributed by atoms with Crippen LogP contribution in [0.15, 0.2) is 48.5 Å². The highest BCUT2D eigenvalue weighted by molar-refractivity contribution is 6.31. The van der Waals surface area contributed by atoms with E-state index in [9.17, 15) is 0 Å². The van der Waals surface area contributed by atoms with Crippen LogP contribution in [0.5, 0.6) is 11.5 Å². The van der Waals surface area contributed by atoms with Gasteiger partial charge in [0.05, 0.1) is 0 Å². The number of para-hydroxylation sites is 1. The predicted molar refractivity (Wildman–Crippen MR) is 84.4 cm³/mol. The zero-order valence-corrected chi connectivity index (χ0v) is 12.6. The van der Waals surface area contributed by atoms with E-state index < -0.39 is 0 Å². The van der Waals surface area contributed by atoms with Crippen molar-refractivity contribution in [2.75, 3.05) is 0 Å². The molecule has 0 aliphatic heterocycles. The van der Waals surface area contributed by atoms with Gasteiger partial charge in [-0.25, -0.2) is 0 Å². The van der Waals surface area contributed by atoms with Gasteiger partial charge in [-0.3, -0.25) is 0 Å². The van der Waals surface area contributed by atoms with Crippen molar-refractivity contribution < 1.29 is 4.74 Å². The van der Waals surface area contributed by atoms with Crippen molar-refractivity contribution in [2.24, 2.45) is 11.7 Å². The van der Waals surface area contributed by atoms with Gasteiger partial charge in [0.2, 0.25) is 0 Å². The van der Waals surface area contributed by atoms with Crippen LogP contribution in [0, 0.1) is 5.92 Å². The molecule has 20 heavy (non-hydrogen) atoms. The maximum Gasteiger partial charge on any atom is 0.127 e. The van der Waals surface area contributed by atoms with E-state index in [0.29, 0.717) is 10.9 Å². The fraction of sp³-hybridized carbons (Fsp3) is 0.294. The average Bonchev–Trinajstić information content (AvgIpc) is 2.41. The maximum absolute atomic E-state index is 6.24. The van der Waals surface area contributed by atoms with Crippen molar-refractivity contribution >= 4 is 11.6 Å². The summed E-state index contributed by atoms with van der Waals surface area (Å²) in [4.78, 5) is 0. The average molecular weight is 290 g/mol. The topological polar surface area (TPSA) is 35.2 Å². The molecule has 2 aromatic rings. The lowest BCUT2D eigenvalue weighted by molar-refractivity contribution is 0.476. The number of hydrogen-bond acceptors (Lipinski definition) is 2. The van der Waals surface area contributed by atoms with Crippen LogP contribution in [0.25, 0.3) is 0 Å². The Kier molecular flexibility index (Phi) is 5.05. The quantitative estimate of drug-likeness (QED) is 0.823. The molecule has 2 aromatic carbocycles. The normalized spacial score (nSPS) is 12.4. The van der Waals surface area contributed by atoms with Crippen LogP contribution >= 0.6 is 11.6 Å². The minimum atomic E-state index is -0.0678. The fourth-order valence-corrected chi connectivity index (χ4v) is 2.39. The van der Waals surface area contributed by atoms with Crippen LogP contribution in [-0.2, 0) is 0 Å². The summed E-state index contributed by atoms with van der Waals surface area (Å²) in [6.07, 6.45) is 0.897. The third-order valence-corrected chi connectivity index (χ3v) is 3.42. The summed E-state index contributed by atoms with van der Waals surface area (Å²) in [5.74, 6) is 2.09. The second-order valence-electron chi connectivity index (χ2n) is 5.33. The summed E-state index contributed by atoms with van der Waals surface area (Å²) in [6.45, 7) is 4.30. The summed E-state index contributed by atoms with van der Waals surface area (Å²) in [6, 6.07) is 15.2. The zero-order chi connectivity index (χ0) is 14.5. The second kappa shape index (κ2) is 6.78. The highest BCUT2D eigenvalue weighted by Crippen LogP contribution is 2.31. The van der Waals surface area contributed by atoms with Gasteiger partial charge in [0, 0.05) is 11.1 Å². The van der Waals surface area contributed by atoms with E-state index >= 15 is 0 Å².